The van der Waals surface area contributed by atoms with Crippen molar-refractivity contribution in [2.75, 3.05) is 32.8 Å². The van der Waals surface area contributed by atoms with Crippen molar-refractivity contribution >= 4 is 11.6 Å². The molecule has 1 aromatic rings. The second kappa shape index (κ2) is 5.78. The fourth-order valence-electron chi connectivity index (χ4n) is 2.17. The van der Waals surface area contributed by atoms with Crippen molar-refractivity contribution in [2.24, 2.45) is 0 Å². The standard InChI is InChI=1S/C12H16ClFN2O/c13-9-1-2-11(14)10(7-9)12(8-17)16-5-3-15-4-6-16/h1-2,7,12,15,17H,3-6,8H2/t12-/m1/s1. The van der Waals surface area contributed by atoms with Crippen LogP contribution in [0.25, 0.3) is 0 Å². The van der Waals surface area contributed by atoms with Crippen molar-refractivity contribution in [3.05, 3.63) is 34.6 Å². The van der Waals surface area contributed by atoms with Gasteiger partial charge in [-0.1, -0.05) is 11.6 Å². The minimum Gasteiger partial charge on any atom is -0.394 e. The third kappa shape index (κ3) is 2.96. The van der Waals surface area contributed by atoms with Gasteiger partial charge in [0, 0.05) is 36.8 Å². The van der Waals surface area contributed by atoms with Gasteiger partial charge in [0.25, 0.3) is 0 Å². The lowest BCUT2D eigenvalue weighted by Crippen LogP contribution is -2.46. The van der Waals surface area contributed by atoms with E-state index in [1.54, 1.807) is 6.07 Å². The fourth-order valence-corrected chi connectivity index (χ4v) is 2.35. The van der Waals surface area contributed by atoms with Crippen LogP contribution in [-0.4, -0.2) is 42.8 Å². The Hall–Kier alpha value is -0.680. The third-order valence-electron chi connectivity index (χ3n) is 3.08. The van der Waals surface area contributed by atoms with Gasteiger partial charge in [-0.15, -0.1) is 0 Å². The molecule has 1 fully saturated rings. The Bertz CT molecular complexity index is 383. The number of aliphatic hydroxyl groups excluding tert-OH is 1. The summed E-state index contributed by atoms with van der Waals surface area (Å²) in [7, 11) is 0. The lowest BCUT2D eigenvalue weighted by Gasteiger charge is -2.34. The molecular formula is C12H16ClFN2O. The maximum absolute atomic E-state index is 13.7. The first-order valence-electron chi connectivity index (χ1n) is 5.73. The van der Waals surface area contributed by atoms with Crippen LogP contribution >= 0.6 is 11.6 Å². The van der Waals surface area contributed by atoms with Crippen LogP contribution in [0.5, 0.6) is 0 Å². The van der Waals surface area contributed by atoms with E-state index in [4.69, 9.17) is 11.6 Å². The van der Waals surface area contributed by atoms with Gasteiger partial charge in [0.15, 0.2) is 0 Å². The largest absolute Gasteiger partial charge is 0.394 e. The third-order valence-corrected chi connectivity index (χ3v) is 3.32. The van der Waals surface area contributed by atoms with Crippen molar-refractivity contribution < 1.29 is 9.50 Å². The second-order valence-corrected chi connectivity index (χ2v) is 4.59. The molecule has 0 amide bonds. The van der Waals surface area contributed by atoms with E-state index in [1.165, 1.54) is 12.1 Å². The molecule has 0 unspecified atom stereocenters. The van der Waals surface area contributed by atoms with Crippen LogP contribution in [0.4, 0.5) is 4.39 Å². The van der Waals surface area contributed by atoms with Gasteiger partial charge in [0.05, 0.1) is 12.6 Å². The summed E-state index contributed by atoms with van der Waals surface area (Å²) in [5.74, 6) is -0.313. The molecule has 0 aliphatic carbocycles. The Morgan fingerprint density at radius 2 is 2.12 bits per heavy atom. The minimum atomic E-state index is -0.313. The lowest BCUT2D eigenvalue weighted by atomic mass is 10.0. The molecule has 94 valence electrons. The summed E-state index contributed by atoms with van der Waals surface area (Å²) < 4.78 is 13.7. The Labute approximate surface area is 105 Å². The molecular weight excluding hydrogens is 243 g/mol. The van der Waals surface area contributed by atoms with E-state index in [2.05, 4.69) is 10.2 Å². The van der Waals surface area contributed by atoms with E-state index >= 15 is 0 Å². The second-order valence-electron chi connectivity index (χ2n) is 4.15. The predicted molar refractivity (Wildman–Crippen MR) is 65.7 cm³/mol. The van der Waals surface area contributed by atoms with Gasteiger partial charge >= 0.3 is 0 Å². The molecule has 0 bridgehead atoms. The molecule has 3 nitrogen and oxygen atoms in total. The van der Waals surface area contributed by atoms with Gasteiger partial charge in [0.1, 0.15) is 5.82 Å². The molecule has 5 heteroatoms. The van der Waals surface area contributed by atoms with E-state index in [0.717, 1.165) is 26.2 Å². The molecule has 0 saturated carbocycles. The number of benzene rings is 1. The van der Waals surface area contributed by atoms with Crippen LogP contribution in [-0.2, 0) is 0 Å². The number of nitrogens with one attached hydrogen (secondary N) is 1. The normalized spacial score (nSPS) is 19.2. The van der Waals surface area contributed by atoms with Gasteiger partial charge in [-0.05, 0) is 18.2 Å². The molecule has 1 aliphatic rings. The zero-order valence-electron chi connectivity index (χ0n) is 9.50. The maximum Gasteiger partial charge on any atom is 0.128 e. The molecule has 0 aromatic heterocycles. The van der Waals surface area contributed by atoms with E-state index in [0.29, 0.717) is 10.6 Å². The van der Waals surface area contributed by atoms with Gasteiger partial charge in [-0.25, -0.2) is 4.39 Å². The van der Waals surface area contributed by atoms with Crippen LogP contribution in [0.1, 0.15) is 11.6 Å². The van der Waals surface area contributed by atoms with Gasteiger partial charge in [-0.3, -0.25) is 4.90 Å². The Morgan fingerprint density at radius 3 is 2.76 bits per heavy atom. The summed E-state index contributed by atoms with van der Waals surface area (Å²) in [6.45, 7) is 3.23. The van der Waals surface area contributed by atoms with Crippen LogP contribution in [0.3, 0.4) is 0 Å². The van der Waals surface area contributed by atoms with E-state index < -0.39 is 0 Å². The Morgan fingerprint density at radius 1 is 1.41 bits per heavy atom. The molecule has 1 heterocycles. The van der Waals surface area contributed by atoms with Crippen LogP contribution in [0, 0.1) is 5.82 Å². The maximum atomic E-state index is 13.7. The van der Waals surface area contributed by atoms with Crippen molar-refractivity contribution in [1.29, 1.82) is 0 Å². The average molecular weight is 259 g/mol. The first kappa shape index (κ1) is 12.8. The number of hydrogen-bond donors (Lipinski definition) is 2. The summed E-state index contributed by atoms with van der Waals surface area (Å²) >= 11 is 5.88. The van der Waals surface area contributed by atoms with Crippen molar-refractivity contribution in [3.8, 4) is 0 Å². The van der Waals surface area contributed by atoms with E-state index in [-0.39, 0.29) is 18.5 Å². The quantitative estimate of drug-likeness (QED) is 0.861. The molecule has 0 spiro atoms. The topological polar surface area (TPSA) is 35.5 Å². The minimum absolute atomic E-state index is 0.0999. The zero-order chi connectivity index (χ0) is 12.3. The SMILES string of the molecule is OC[C@H](c1cc(Cl)ccc1F)N1CCNCC1. The van der Waals surface area contributed by atoms with Crippen LogP contribution < -0.4 is 5.32 Å². The van der Waals surface area contributed by atoms with Crippen LogP contribution in [0.15, 0.2) is 18.2 Å². The molecule has 2 rings (SSSR count). The molecule has 17 heavy (non-hydrogen) atoms. The van der Waals surface area contributed by atoms with Crippen molar-refractivity contribution in [1.82, 2.24) is 10.2 Å². The zero-order valence-corrected chi connectivity index (χ0v) is 10.3. The average Bonchev–Trinajstić information content (AvgIpc) is 2.36. The van der Waals surface area contributed by atoms with Gasteiger partial charge in [-0.2, -0.15) is 0 Å². The summed E-state index contributed by atoms with van der Waals surface area (Å²) in [6.07, 6.45) is 0. The van der Waals surface area contributed by atoms with Crippen molar-refractivity contribution in [2.45, 2.75) is 6.04 Å². The van der Waals surface area contributed by atoms with E-state index in [1.807, 2.05) is 0 Å². The fraction of sp³-hybridized carbons (Fsp3) is 0.500. The first-order valence-corrected chi connectivity index (χ1v) is 6.10. The molecule has 1 saturated heterocycles. The molecule has 1 atom stereocenters. The number of nitrogens with zero attached hydrogens (tertiary/aromatic N) is 1. The van der Waals surface area contributed by atoms with Crippen molar-refractivity contribution in [3.63, 3.8) is 0 Å². The lowest BCUT2D eigenvalue weighted by molar-refractivity contribution is 0.108. The van der Waals surface area contributed by atoms with Gasteiger partial charge < -0.3 is 10.4 Å². The monoisotopic (exact) mass is 258 g/mol. The van der Waals surface area contributed by atoms with E-state index in [9.17, 15) is 9.50 Å². The summed E-state index contributed by atoms with van der Waals surface area (Å²) in [5.41, 5.74) is 0.474. The smallest absolute Gasteiger partial charge is 0.128 e. The molecule has 0 radical (unpaired) electrons. The highest BCUT2D eigenvalue weighted by Gasteiger charge is 2.24. The highest BCUT2D eigenvalue weighted by atomic mass is 35.5. The van der Waals surface area contributed by atoms with Crippen LogP contribution in [0.2, 0.25) is 5.02 Å². The number of hydrogen-bond acceptors (Lipinski definition) is 3. The summed E-state index contributed by atoms with van der Waals surface area (Å²) in [4.78, 5) is 2.07. The number of rotatable bonds is 3. The summed E-state index contributed by atoms with van der Waals surface area (Å²) in [6, 6.07) is 4.16. The number of aliphatic hydroxyl groups is 1. The molecule has 1 aliphatic heterocycles. The highest BCUT2D eigenvalue weighted by molar-refractivity contribution is 6.30. The molecule has 2 N–H and O–H groups in total. The Kier molecular flexibility index (Phi) is 4.34. The summed E-state index contributed by atoms with van der Waals surface area (Å²) in [5, 5.41) is 13.2. The predicted octanol–water partition coefficient (Wildman–Crippen LogP) is 1.42. The first-order chi connectivity index (χ1) is 8.22. The Balaban J connectivity index is 2.24. The number of piperazine rings is 1. The highest BCUT2D eigenvalue weighted by Crippen LogP contribution is 2.26. The van der Waals surface area contributed by atoms with Gasteiger partial charge in [0.2, 0.25) is 0 Å². The number of halogens is 2. The molecule has 1 aromatic carbocycles.